The third kappa shape index (κ3) is 2.44. The zero-order valence-electron chi connectivity index (χ0n) is 14.5. The van der Waals surface area contributed by atoms with Crippen LogP contribution in [0.1, 0.15) is 23.1 Å². The first-order chi connectivity index (χ1) is 12.1. The van der Waals surface area contributed by atoms with Gasteiger partial charge in [-0.2, -0.15) is 0 Å². The van der Waals surface area contributed by atoms with Gasteiger partial charge in [0.2, 0.25) is 0 Å². The highest BCUT2D eigenvalue weighted by Crippen LogP contribution is 2.37. The van der Waals surface area contributed by atoms with E-state index in [0.29, 0.717) is 6.54 Å². The second-order valence-electron chi connectivity index (χ2n) is 7.69. The van der Waals surface area contributed by atoms with Crippen LogP contribution in [0.2, 0.25) is 0 Å². The maximum atomic E-state index is 11.7. The van der Waals surface area contributed by atoms with Crippen molar-refractivity contribution in [3.05, 3.63) is 59.2 Å². The molecule has 2 aromatic carbocycles. The number of fused-ring (bicyclic) bond motifs is 3. The number of likely N-dealkylation sites (N-methyl/N-ethyl adjacent to an activating group) is 1. The number of benzene rings is 2. The van der Waals surface area contributed by atoms with E-state index in [-0.39, 0.29) is 11.7 Å². The maximum Gasteiger partial charge on any atom is 0.410 e. The summed E-state index contributed by atoms with van der Waals surface area (Å²) in [6.45, 7) is 3.45. The highest BCUT2D eigenvalue weighted by molar-refractivity contribution is 5.76. The van der Waals surface area contributed by atoms with Crippen molar-refractivity contribution in [1.29, 1.82) is 0 Å². The predicted octanol–water partition coefficient (Wildman–Crippen LogP) is 3.28. The van der Waals surface area contributed by atoms with Gasteiger partial charge in [0, 0.05) is 33.1 Å². The smallest absolute Gasteiger partial charge is 0.410 e. The fourth-order valence-electron chi connectivity index (χ4n) is 4.62. The van der Waals surface area contributed by atoms with Crippen molar-refractivity contribution in [2.24, 2.45) is 0 Å². The number of amides is 1. The normalized spacial score (nSPS) is 24.7. The second kappa shape index (κ2) is 5.33. The Kier molecular flexibility index (Phi) is 3.19. The maximum absolute atomic E-state index is 11.7. The van der Waals surface area contributed by atoms with E-state index in [2.05, 4.69) is 47.4 Å². The minimum atomic E-state index is -0.293. The molecule has 2 aromatic rings. The van der Waals surface area contributed by atoms with Gasteiger partial charge in [-0.1, -0.05) is 42.5 Å². The van der Waals surface area contributed by atoms with E-state index in [1.54, 1.807) is 4.90 Å². The molecule has 4 heteroatoms. The molecule has 0 aromatic heterocycles. The largest absolute Gasteiger partial charge is 0.439 e. The number of ether oxygens (including phenoxy) is 1. The monoisotopic (exact) mass is 334 g/mol. The third-order valence-corrected chi connectivity index (χ3v) is 5.80. The Labute approximate surface area is 148 Å². The fourth-order valence-corrected chi connectivity index (χ4v) is 4.62. The first-order valence-electron chi connectivity index (χ1n) is 8.98. The average molecular weight is 334 g/mol. The summed E-state index contributed by atoms with van der Waals surface area (Å²) in [4.78, 5) is 15.8. The molecule has 25 heavy (non-hydrogen) atoms. The van der Waals surface area contributed by atoms with Crippen LogP contribution >= 0.6 is 0 Å². The molecule has 2 aliphatic heterocycles. The molecule has 1 atom stereocenters. The molecule has 1 unspecified atom stereocenters. The summed E-state index contributed by atoms with van der Waals surface area (Å²) in [6, 6.07) is 15.6. The van der Waals surface area contributed by atoms with Gasteiger partial charge in [0.1, 0.15) is 5.60 Å². The minimum Gasteiger partial charge on any atom is -0.439 e. The number of nitrogens with zero attached hydrogens (tertiary/aromatic N) is 2. The molecular weight excluding hydrogens is 312 g/mol. The van der Waals surface area contributed by atoms with Crippen LogP contribution in [0.3, 0.4) is 0 Å². The number of carbonyl (C=O) groups excluding carboxylic acids is 1. The molecule has 4 nitrogen and oxygen atoms in total. The number of hydrogen-bond donors (Lipinski definition) is 0. The molecule has 0 radical (unpaired) electrons. The molecule has 2 saturated heterocycles. The predicted molar refractivity (Wildman–Crippen MR) is 96.4 cm³/mol. The lowest BCUT2D eigenvalue weighted by atomic mass is 10.0. The van der Waals surface area contributed by atoms with Gasteiger partial charge in [-0.15, -0.1) is 0 Å². The average Bonchev–Trinajstić information content (AvgIpc) is 3.23. The Morgan fingerprint density at radius 1 is 1.08 bits per heavy atom. The molecule has 2 fully saturated rings. The summed E-state index contributed by atoms with van der Waals surface area (Å²) < 4.78 is 5.65. The van der Waals surface area contributed by atoms with Crippen molar-refractivity contribution >= 4 is 6.09 Å². The van der Waals surface area contributed by atoms with Crippen LogP contribution in [0.25, 0.3) is 11.1 Å². The van der Waals surface area contributed by atoms with Gasteiger partial charge in [-0.3, -0.25) is 4.90 Å². The molecule has 5 rings (SSSR count). The summed E-state index contributed by atoms with van der Waals surface area (Å²) in [5.41, 5.74) is 6.67. The van der Waals surface area contributed by atoms with Gasteiger partial charge in [-0.05, 0) is 34.2 Å². The van der Waals surface area contributed by atoms with E-state index < -0.39 is 0 Å². The fraction of sp³-hybridized carbons (Fsp3) is 0.381. The summed E-state index contributed by atoms with van der Waals surface area (Å²) in [5, 5.41) is 0. The minimum absolute atomic E-state index is 0.183. The van der Waals surface area contributed by atoms with Crippen molar-refractivity contribution in [2.75, 3.05) is 26.7 Å². The van der Waals surface area contributed by atoms with Crippen LogP contribution in [0, 0.1) is 0 Å². The second-order valence-corrected chi connectivity index (χ2v) is 7.69. The van der Waals surface area contributed by atoms with Crippen molar-refractivity contribution in [1.82, 2.24) is 9.80 Å². The first-order valence-corrected chi connectivity index (χ1v) is 8.98. The summed E-state index contributed by atoms with van der Waals surface area (Å²) in [5.74, 6) is 0. The van der Waals surface area contributed by atoms with Gasteiger partial charge < -0.3 is 9.64 Å². The number of likely N-dealkylation sites (tertiary alicyclic amines) is 1. The summed E-state index contributed by atoms with van der Waals surface area (Å²) in [6.07, 6.45) is 1.78. The van der Waals surface area contributed by atoms with Crippen LogP contribution in [0.5, 0.6) is 0 Å². The molecule has 0 N–H and O–H groups in total. The molecule has 0 bridgehead atoms. The number of hydrogen-bond acceptors (Lipinski definition) is 3. The van der Waals surface area contributed by atoms with Gasteiger partial charge in [0.05, 0.1) is 6.54 Å². The van der Waals surface area contributed by atoms with Gasteiger partial charge in [0.15, 0.2) is 0 Å². The lowest BCUT2D eigenvalue weighted by Crippen LogP contribution is -2.37. The zero-order chi connectivity index (χ0) is 17.0. The van der Waals surface area contributed by atoms with Gasteiger partial charge in [-0.25, -0.2) is 4.79 Å². The van der Waals surface area contributed by atoms with Crippen molar-refractivity contribution in [3.8, 4) is 11.1 Å². The van der Waals surface area contributed by atoms with Crippen LogP contribution in [-0.4, -0.2) is 48.2 Å². The van der Waals surface area contributed by atoms with Crippen LogP contribution < -0.4 is 0 Å². The Hall–Kier alpha value is -2.33. The molecular formula is C21H22N2O2. The lowest BCUT2D eigenvalue weighted by molar-refractivity contribution is 0.0627. The zero-order valence-corrected chi connectivity index (χ0v) is 14.5. The Morgan fingerprint density at radius 3 is 2.76 bits per heavy atom. The topological polar surface area (TPSA) is 32.8 Å². The van der Waals surface area contributed by atoms with Gasteiger partial charge >= 0.3 is 6.09 Å². The molecule has 2 heterocycles. The van der Waals surface area contributed by atoms with Crippen LogP contribution in [-0.2, 0) is 17.7 Å². The van der Waals surface area contributed by atoms with E-state index in [4.69, 9.17) is 4.74 Å². The van der Waals surface area contributed by atoms with E-state index in [1.807, 2.05) is 7.05 Å². The molecule has 1 spiro atoms. The van der Waals surface area contributed by atoms with Crippen molar-refractivity contribution < 1.29 is 9.53 Å². The van der Waals surface area contributed by atoms with Gasteiger partial charge in [0.25, 0.3) is 0 Å². The highest BCUT2D eigenvalue weighted by Gasteiger charge is 2.48. The van der Waals surface area contributed by atoms with Crippen LogP contribution in [0.15, 0.2) is 42.5 Å². The van der Waals surface area contributed by atoms with E-state index in [9.17, 15) is 4.79 Å². The third-order valence-electron chi connectivity index (χ3n) is 5.80. The SMILES string of the molecule is CN1CC2(CCN(Cc3ccc4c(c3)Cc3ccccc3-4)C2)OC1=O. The lowest BCUT2D eigenvalue weighted by Gasteiger charge is -2.22. The summed E-state index contributed by atoms with van der Waals surface area (Å²) in [7, 11) is 1.82. The number of carbonyl (C=O) groups is 1. The first kappa shape index (κ1) is 15.0. The molecule has 0 saturated carbocycles. The van der Waals surface area contributed by atoms with E-state index in [0.717, 1.165) is 32.5 Å². The highest BCUT2D eigenvalue weighted by atomic mass is 16.6. The van der Waals surface area contributed by atoms with E-state index >= 15 is 0 Å². The number of rotatable bonds is 2. The molecule has 1 aliphatic carbocycles. The Bertz CT molecular complexity index is 863. The van der Waals surface area contributed by atoms with Crippen molar-refractivity contribution in [2.45, 2.75) is 25.0 Å². The Morgan fingerprint density at radius 2 is 1.92 bits per heavy atom. The molecule has 128 valence electrons. The van der Waals surface area contributed by atoms with Crippen molar-refractivity contribution in [3.63, 3.8) is 0 Å². The standard InChI is InChI=1S/C21H22N2O2/c1-22-13-21(25-20(22)24)8-9-23(14-21)12-15-6-7-19-17(10-15)11-16-4-2-3-5-18(16)19/h2-7,10H,8-9,11-14H2,1H3. The van der Waals surface area contributed by atoms with Crippen LogP contribution in [0.4, 0.5) is 4.79 Å². The molecule has 3 aliphatic rings. The van der Waals surface area contributed by atoms with E-state index in [1.165, 1.54) is 27.8 Å². The Balaban J connectivity index is 1.32. The quantitative estimate of drug-likeness (QED) is 0.721. The molecule has 1 amide bonds. The summed E-state index contributed by atoms with van der Waals surface area (Å²) >= 11 is 0.